The molecule has 0 aliphatic carbocycles. The number of thiazole rings is 1. The minimum Gasteiger partial charge on any atom is -0.383 e. The highest BCUT2D eigenvalue weighted by molar-refractivity contribution is 7.22. The lowest BCUT2D eigenvalue weighted by molar-refractivity contribution is 0.343. The molecule has 1 aliphatic heterocycles. The molecule has 6 nitrogen and oxygen atoms in total. The smallest absolute Gasteiger partial charge is 0.133 e. The number of benzene rings is 1. The molecule has 0 saturated carbocycles. The quantitative estimate of drug-likeness (QED) is 0.523. The van der Waals surface area contributed by atoms with Crippen LogP contribution >= 0.6 is 22.9 Å². The van der Waals surface area contributed by atoms with E-state index >= 15 is 0 Å². The Kier molecular flexibility index (Phi) is 4.50. The largest absolute Gasteiger partial charge is 0.383 e. The minimum atomic E-state index is 0.447. The summed E-state index contributed by atoms with van der Waals surface area (Å²) in [7, 11) is 0. The van der Waals surface area contributed by atoms with Gasteiger partial charge < -0.3 is 11.1 Å². The third-order valence-corrected chi connectivity index (χ3v) is 6.70. The van der Waals surface area contributed by atoms with Crippen LogP contribution in [0, 0.1) is 0 Å². The molecular formula is C20H19ClN6S. The molecule has 1 saturated heterocycles. The Hall–Kier alpha value is -2.48. The van der Waals surface area contributed by atoms with E-state index in [-0.39, 0.29) is 0 Å². The zero-order valence-corrected chi connectivity index (χ0v) is 16.7. The van der Waals surface area contributed by atoms with Gasteiger partial charge in [0.05, 0.1) is 33.0 Å². The van der Waals surface area contributed by atoms with Gasteiger partial charge in [0.25, 0.3) is 0 Å². The van der Waals surface area contributed by atoms with Crippen molar-refractivity contribution in [2.75, 3.05) is 18.8 Å². The van der Waals surface area contributed by atoms with Gasteiger partial charge in [-0.1, -0.05) is 17.7 Å². The molecule has 0 spiro atoms. The summed E-state index contributed by atoms with van der Waals surface area (Å²) in [5.74, 6) is 0.463. The number of nitrogen functional groups attached to an aromatic ring is 1. The van der Waals surface area contributed by atoms with E-state index < -0.39 is 0 Å². The highest BCUT2D eigenvalue weighted by Gasteiger charge is 2.17. The molecule has 0 radical (unpaired) electrons. The van der Waals surface area contributed by atoms with Gasteiger partial charge in [0.1, 0.15) is 10.8 Å². The number of nitrogens with one attached hydrogen (secondary N) is 1. The molecule has 1 aromatic carbocycles. The maximum atomic E-state index is 6.31. The van der Waals surface area contributed by atoms with Crippen LogP contribution in [-0.2, 0) is 0 Å². The van der Waals surface area contributed by atoms with E-state index in [0.717, 1.165) is 57.8 Å². The summed E-state index contributed by atoms with van der Waals surface area (Å²) in [6.45, 7) is 2.07. The summed E-state index contributed by atoms with van der Waals surface area (Å²) < 4.78 is 3.03. The highest BCUT2D eigenvalue weighted by atomic mass is 35.5. The predicted molar refractivity (Wildman–Crippen MR) is 115 cm³/mol. The monoisotopic (exact) mass is 410 g/mol. The van der Waals surface area contributed by atoms with Crippen molar-refractivity contribution >= 4 is 39.0 Å². The van der Waals surface area contributed by atoms with E-state index in [1.807, 2.05) is 30.5 Å². The van der Waals surface area contributed by atoms with Crippen molar-refractivity contribution in [3.63, 3.8) is 0 Å². The average molecular weight is 411 g/mol. The topological polar surface area (TPSA) is 81.6 Å². The van der Waals surface area contributed by atoms with Gasteiger partial charge in [-0.15, -0.1) is 11.3 Å². The van der Waals surface area contributed by atoms with Gasteiger partial charge in [0.2, 0.25) is 0 Å². The number of pyridine rings is 1. The van der Waals surface area contributed by atoms with Crippen LogP contribution in [0.2, 0.25) is 5.02 Å². The number of piperidine rings is 1. The van der Waals surface area contributed by atoms with Crippen molar-refractivity contribution in [1.82, 2.24) is 25.1 Å². The van der Waals surface area contributed by atoms with Gasteiger partial charge in [-0.05, 0) is 44.1 Å². The highest BCUT2D eigenvalue weighted by Crippen LogP contribution is 2.37. The minimum absolute atomic E-state index is 0.447. The van der Waals surface area contributed by atoms with Crippen LogP contribution in [0.1, 0.15) is 18.9 Å². The molecule has 0 amide bonds. The van der Waals surface area contributed by atoms with E-state index in [1.54, 1.807) is 6.20 Å². The predicted octanol–water partition coefficient (Wildman–Crippen LogP) is 4.38. The van der Waals surface area contributed by atoms with Crippen LogP contribution in [0.15, 0.2) is 42.9 Å². The first-order valence-electron chi connectivity index (χ1n) is 9.25. The lowest BCUT2D eigenvalue weighted by Crippen LogP contribution is -2.29. The van der Waals surface area contributed by atoms with Crippen LogP contribution in [-0.4, -0.2) is 32.8 Å². The van der Waals surface area contributed by atoms with Crippen LogP contribution < -0.4 is 11.1 Å². The second-order valence-corrected chi connectivity index (χ2v) is 8.36. The molecule has 3 N–H and O–H groups in total. The first-order valence-corrected chi connectivity index (χ1v) is 10.4. The van der Waals surface area contributed by atoms with Gasteiger partial charge in [-0.2, -0.15) is 5.10 Å². The fourth-order valence-corrected chi connectivity index (χ4v) is 4.87. The number of aromatic nitrogens is 4. The van der Waals surface area contributed by atoms with Crippen LogP contribution in [0.4, 0.5) is 5.82 Å². The molecule has 4 aromatic rings. The molecular weight excluding hydrogens is 392 g/mol. The molecule has 28 heavy (non-hydrogen) atoms. The summed E-state index contributed by atoms with van der Waals surface area (Å²) in [4.78, 5) is 9.11. The second-order valence-electron chi connectivity index (χ2n) is 6.95. The number of halogens is 1. The molecule has 1 aliphatic rings. The van der Waals surface area contributed by atoms with Gasteiger partial charge in [0.15, 0.2) is 0 Å². The van der Waals surface area contributed by atoms with Gasteiger partial charge in [-0.25, -0.2) is 9.97 Å². The zero-order chi connectivity index (χ0) is 19.1. The number of rotatable bonds is 3. The summed E-state index contributed by atoms with van der Waals surface area (Å²) in [6, 6.07) is 8.22. The first-order chi connectivity index (χ1) is 13.7. The molecule has 4 heterocycles. The molecule has 1 fully saturated rings. The fraction of sp³-hybridized carbons (Fsp3) is 0.250. The Balaban J connectivity index is 1.52. The molecule has 5 rings (SSSR count). The summed E-state index contributed by atoms with van der Waals surface area (Å²) >= 11 is 7.84. The van der Waals surface area contributed by atoms with Crippen LogP contribution in [0.3, 0.4) is 0 Å². The van der Waals surface area contributed by atoms with Crippen molar-refractivity contribution in [3.05, 3.63) is 47.9 Å². The fourth-order valence-electron chi connectivity index (χ4n) is 3.59. The Morgan fingerprint density at radius 2 is 2.04 bits per heavy atom. The van der Waals surface area contributed by atoms with Crippen molar-refractivity contribution in [1.29, 1.82) is 0 Å². The van der Waals surface area contributed by atoms with E-state index in [4.69, 9.17) is 22.3 Å². The molecule has 0 atom stereocenters. The Morgan fingerprint density at radius 1 is 1.18 bits per heavy atom. The third-order valence-electron chi connectivity index (χ3n) is 5.13. The van der Waals surface area contributed by atoms with Crippen LogP contribution in [0.5, 0.6) is 0 Å². The number of nitrogens with two attached hydrogens (primary N) is 1. The second kappa shape index (κ2) is 7.16. The third kappa shape index (κ3) is 3.15. The first kappa shape index (κ1) is 17.6. The Morgan fingerprint density at radius 3 is 2.86 bits per heavy atom. The van der Waals surface area contributed by atoms with Crippen molar-refractivity contribution in [2.24, 2.45) is 0 Å². The summed E-state index contributed by atoms with van der Waals surface area (Å²) in [5.41, 5.74) is 9.89. The van der Waals surface area contributed by atoms with E-state index in [2.05, 4.69) is 26.3 Å². The normalized spacial score (nSPS) is 15.3. The standard InChI is InChI=1S/C20H19ClN6S/c21-16-2-1-3-17-18(16)28-20(26-17)15-8-12(9-24-19(15)22)13-10-25-27(11-13)14-4-6-23-7-5-14/h1-3,8-11,14,23H,4-7H2,(H2,22,24). The van der Waals surface area contributed by atoms with Gasteiger partial charge in [-0.3, -0.25) is 4.68 Å². The van der Waals surface area contributed by atoms with Crippen molar-refractivity contribution in [3.8, 4) is 21.7 Å². The lowest BCUT2D eigenvalue weighted by Gasteiger charge is -2.22. The van der Waals surface area contributed by atoms with E-state index in [0.29, 0.717) is 16.9 Å². The molecule has 0 unspecified atom stereocenters. The molecule has 3 aromatic heterocycles. The number of hydrogen-bond acceptors (Lipinski definition) is 6. The van der Waals surface area contributed by atoms with E-state index in [9.17, 15) is 0 Å². The number of fused-ring (bicyclic) bond motifs is 1. The number of nitrogens with zero attached hydrogens (tertiary/aromatic N) is 4. The summed E-state index contributed by atoms with van der Waals surface area (Å²) in [6.07, 6.45) is 7.98. The Bertz CT molecular complexity index is 1140. The van der Waals surface area contributed by atoms with Crippen LogP contribution in [0.25, 0.3) is 31.9 Å². The van der Waals surface area contributed by atoms with Crippen molar-refractivity contribution < 1.29 is 0 Å². The van der Waals surface area contributed by atoms with Gasteiger partial charge >= 0.3 is 0 Å². The molecule has 0 bridgehead atoms. The maximum Gasteiger partial charge on any atom is 0.133 e. The average Bonchev–Trinajstić information content (AvgIpc) is 3.37. The Labute approximate surface area is 171 Å². The zero-order valence-electron chi connectivity index (χ0n) is 15.1. The number of hydrogen-bond donors (Lipinski definition) is 2. The number of anilines is 1. The SMILES string of the molecule is Nc1ncc(-c2cnn(C3CCNCC3)c2)cc1-c1nc2cccc(Cl)c2s1. The van der Waals surface area contributed by atoms with Gasteiger partial charge in [0, 0.05) is 23.5 Å². The van der Waals surface area contributed by atoms with Crippen molar-refractivity contribution in [2.45, 2.75) is 18.9 Å². The lowest BCUT2D eigenvalue weighted by atomic mass is 10.1. The molecule has 8 heteroatoms. The van der Waals surface area contributed by atoms with E-state index in [1.165, 1.54) is 11.3 Å². The summed E-state index contributed by atoms with van der Waals surface area (Å²) in [5, 5.41) is 9.50. The molecule has 142 valence electrons. The maximum absolute atomic E-state index is 6.31.